The summed E-state index contributed by atoms with van der Waals surface area (Å²) in [6.45, 7) is 9.37. The highest BCUT2D eigenvalue weighted by Gasteiger charge is 2.19. The van der Waals surface area contributed by atoms with Crippen LogP contribution in [0.25, 0.3) is 11.3 Å². The van der Waals surface area contributed by atoms with Crippen LogP contribution in [-0.4, -0.2) is 46.9 Å². The number of hydrogen-bond acceptors (Lipinski definition) is 5. The average Bonchev–Trinajstić information content (AvgIpc) is 3.04. The quantitative estimate of drug-likeness (QED) is 0.665. The first kappa shape index (κ1) is 18.6. The van der Waals surface area contributed by atoms with Crippen molar-refractivity contribution in [2.75, 3.05) is 19.7 Å². The number of nitrogens with zero attached hydrogens (tertiary/aromatic N) is 3. The number of ether oxygens (including phenoxy) is 2. The van der Waals surface area contributed by atoms with Gasteiger partial charge >= 0.3 is 0 Å². The summed E-state index contributed by atoms with van der Waals surface area (Å²) in [7, 11) is 0. The van der Waals surface area contributed by atoms with Crippen molar-refractivity contribution >= 4 is 0 Å². The zero-order chi connectivity index (χ0) is 18.4. The van der Waals surface area contributed by atoms with Gasteiger partial charge in [0.2, 0.25) is 5.88 Å². The first-order valence-corrected chi connectivity index (χ1v) is 9.59. The van der Waals surface area contributed by atoms with Gasteiger partial charge in [0, 0.05) is 24.2 Å². The fourth-order valence-electron chi connectivity index (χ4n) is 3.28. The summed E-state index contributed by atoms with van der Waals surface area (Å²) in [4.78, 5) is 2.55. The zero-order valence-corrected chi connectivity index (χ0v) is 16.0. The second-order valence-corrected chi connectivity index (χ2v) is 7.18. The van der Waals surface area contributed by atoms with Gasteiger partial charge in [-0.15, -0.1) is 10.2 Å². The Morgan fingerprint density at radius 1 is 1.12 bits per heavy atom. The molecule has 0 radical (unpaired) electrons. The third kappa shape index (κ3) is 5.18. The lowest BCUT2D eigenvalue weighted by atomic mass is 10.1. The molecular formula is C21H29N3O2. The van der Waals surface area contributed by atoms with E-state index in [9.17, 15) is 0 Å². The largest absolute Gasteiger partial charge is 0.494 e. The van der Waals surface area contributed by atoms with Crippen LogP contribution in [0.3, 0.4) is 0 Å². The van der Waals surface area contributed by atoms with E-state index in [1.807, 2.05) is 50.2 Å². The van der Waals surface area contributed by atoms with Crippen molar-refractivity contribution in [1.29, 1.82) is 0 Å². The van der Waals surface area contributed by atoms with Crippen molar-refractivity contribution in [3.05, 3.63) is 36.4 Å². The molecular weight excluding hydrogens is 326 g/mol. The Kier molecular flexibility index (Phi) is 6.45. The lowest BCUT2D eigenvalue weighted by Gasteiger charge is -2.20. The molecule has 3 rings (SSSR count). The molecule has 0 N–H and O–H groups in total. The maximum atomic E-state index is 5.87. The lowest BCUT2D eigenvalue weighted by molar-refractivity contribution is 0.230. The molecule has 0 spiro atoms. The molecule has 1 unspecified atom stereocenters. The second-order valence-electron chi connectivity index (χ2n) is 7.18. The minimum Gasteiger partial charge on any atom is -0.494 e. The minimum atomic E-state index is 0.0975. The fourth-order valence-corrected chi connectivity index (χ4v) is 3.28. The van der Waals surface area contributed by atoms with E-state index in [4.69, 9.17) is 9.47 Å². The average molecular weight is 355 g/mol. The third-order valence-electron chi connectivity index (χ3n) is 4.70. The molecule has 0 amide bonds. The summed E-state index contributed by atoms with van der Waals surface area (Å²) in [5, 5.41) is 8.35. The first-order chi connectivity index (χ1) is 12.6. The molecule has 1 saturated heterocycles. The number of aromatic nitrogens is 2. The van der Waals surface area contributed by atoms with E-state index in [1.54, 1.807) is 0 Å². The topological polar surface area (TPSA) is 47.5 Å². The van der Waals surface area contributed by atoms with Gasteiger partial charge in [0.25, 0.3) is 0 Å². The second kappa shape index (κ2) is 8.99. The molecule has 0 saturated carbocycles. The van der Waals surface area contributed by atoms with Gasteiger partial charge in [0.15, 0.2) is 0 Å². The highest BCUT2D eigenvalue weighted by Crippen LogP contribution is 2.22. The molecule has 1 fully saturated rings. The van der Waals surface area contributed by atoms with Crippen molar-refractivity contribution in [3.63, 3.8) is 0 Å². The molecule has 26 heavy (non-hydrogen) atoms. The van der Waals surface area contributed by atoms with Crippen LogP contribution < -0.4 is 9.47 Å². The van der Waals surface area contributed by atoms with Crippen LogP contribution in [0.2, 0.25) is 0 Å². The van der Waals surface area contributed by atoms with Gasteiger partial charge in [-0.2, -0.15) is 0 Å². The van der Waals surface area contributed by atoms with E-state index in [0.717, 1.165) is 42.6 Å². The third-order valence-corrected chi connectivity index (χ3v) is 4.70. The van der Waals surface area contributed by atoms with E-state index in [-0.39, 0.29) is 6.10 Å². The van der Waals surface area contributed by atoms with Crippen LogP contribution in [0.4, 0.5) is 0 Å². The molecule has 1 aromatic carbocycles. The molecule has 1 aliphatic rings. The molecule has 1 aromatic heterocycles. The first-order valence-electron chi connectivity index (χ1n) is 9.59. The Balaban J connectivity index is 1.47. The Hall–Kier alpha value is -2.14. The van der Waals surface area contributed by atoms with Crippen molar-refractivity contribution in [3.8, 4) is 22.9 Å². The van der Waals surface area contributed by atoms with E-state index in [0.29, 0.717) is 5.88 Å². The molecule has 140 valence electrons. The Bertz CT molecular complexity index is 671. The summed E-state index contributed by atoms with van der Waals surface area (Å²) < 4.78 is 11.4. The Morgan fingerprint density at radius 2 is 1.92 bits per heavy atom. The molecule has 1 aliphatic heterocycles. The SMILES string of the molecule is CC(C)Oc1ccc(-c2ccc(OCCCN3CCCC3C)cc2)nn1. The van der Waals surface area contributed by atoms with Crippen molar-refractivity contribution in [1.82, 2.24) is 15.1 Å². The summed E-state index contributed by atoms with van der Waals surface area (Å²) in [5.74, 6) is 1.45. The van der Waals surface area contributed by atoms with E-state index >= 15 is 0 Å². The molecule has 5 nitrogen and oxygen atoms in total. The van der Waals surface area contributed by atoms with Gasteiger partial charge < -0.3 is 14.4 Å². The molecule has 5 heteroatoms. The fraction of sp³-hybridized carbons (Fsp3) is 0.524. The smallest absolute Gasteiger partial charge is 0.233 e. The standard InChI is InChI=1S/C21H29N3O2/c1-16(2)26-21-12-11-20(22-23-21)18-7-9-19(10-8-18)25-15-5-14-24-13-4-6-17(24)3/h7-12,16-17H,4-6,13-15H2,1-3H3. The highest BCUT2D eigenvalue weighted by atomic mass is 16.5. The van der Waals surface area contributed by atoms with Crippen LogP contribution in [0, 0.1) is 0 Å². The number of hydrogen-bond donors (Lipinski definition) is 0. The number of likely N-dealkylation sites (tertiary alicyclic amines) is 1. The maximum Gasteiger partial charge on any atom is 0.233 e. The van der Waals surface area contributed by atoms with E-state index in [1.165, 1.54) is 19.4 Å². The predicted octanol–water partition coefficient (Wildman–Crippen LogP) is 4.18. The Morgan fingerprint density at radius 3 is 2.54 bits per heavy atom. The van der Waals surface area contributed by atoms with Crippen LogP contribution >= 0.6 is 0 Å². The van der Waals surface area contributed by atoms with E-state index in [2.05, 4.69) is 22.0 Å². The molecule has 2 aromatic rings. The highest BCUT2D eigenvalue weighted by molar-refractivity contribution is 5.59. The van der Waals surface area contributed by atoms with Crippen LogP contribution in [0.5, 0.6) is 11.6 Å². The monoisotopic (exact) mass is 355 g/mol. The number of benzene rings is 1. The minimum absolute atomic E-state index is 0.0975. The molecule has 1 atom stereocenters. The lowest BCUT2D eigenvalue weighted by Crippen LogP contribution is -2.28. The predicted molar refractivity (Wildman–Crippen MR) is 104 cm³/mol. The van der Waals surface area contributed by atoms with Crippen LogP contribution in [0.1, 0.15) is 40.0 Å². The summed E-state index contributed by atoms with van der Waals surface area (Å²) >= 11 is 0. The maximum absolute atomic E-state index is 5.87. The zero-order valence-electron chi connectivity index (χ0n) is 16.0. The Labute approximate surface area is 156 Å². The number of rotatable bonds is 8. The van der Waals surface area contributed by atoms with Gasteiger partial charge in [0.1, 0.15) is 5.75 Å². The summed E-state index contributed by atoms with van der Waals surface area (Å²) in [6.07, 6.45) is 3.82. The van der Waals surface area contributed by atoms with Gasteiger partial charge in [-0.25, -0.2) is 0 Å². The normalized spacial score (nSPS) is 17.6. The molecule has 0 bridgehead atoms. The van der Waals surface area contributed by atoms with Crippen LogP contribution in [-0.2, 0) is 0 Å². The summed E-state index contributed by atoms with van der Waals surface area (Å²) in [5.41, 5.74) is 1.85. The van der Waals surface area contributed by atoms with Crippen molar-refractivity contribution in [2.45, 2.75) is 52.2 Å². The van der Waals surface area contributed by atoms with Gasteiger partial charge in [0.05, 0.1) is 18.4 Å². The molecule has 2 heterocycles. The van der Waals surface area contributed by atoms with Crippen molar-refractivity contribution < 1.29 is 9.47 Å². The van der Waals surface area contributed by atoms with Crippen LogP contribution in [0.15, 0.2) is 36.4 Å². The molecule has 0 aliphatic carbocycles. The van der Waals surface area contributed by atoms with Gasteiger partial charge in [-0.05, 0) is 76.9 Å². The summed E-state index contributed by atoms with van der Waals surface area (Å²) in [6, 6.07) is 12.5. The van der Waals surface area contributed by atoms with E-state index < -0.39 is 0 Å². The van der Waals surface area contributed by atoms with Crippen molar-refractivity contribution in [2.24, 2.45) is 0 Å². The van der Waals surface area contributed by atoms with Gasteiger partial charge in [-0.3, -0.25) is 0 Å². The van der Waals surface area contributed by atoms with Gasteiger partial charge in [-0.1, -0.05) is 0 Å².